The van der Waals surface area contributed by atoms with Crippen LogP contribution < -0.4 is 5.73 Å². The van der Waals surface area contributed by atoms with Crippen LogP contribution in [-0.2, 0) is 20.6 Å². The number of aromatic nitrogens is 4. The molecule has 23 heavy (non-hydrogen) atoms. The third kappa shape index (κ3) is 3.57. The van der Waals surface area contributed by atoms with E-state index >= 15 is 0 Å². The van der Waals surface area contributed by atoms with Crippen LogP contribution in [0.3, 0.4) is 0 Å². The van der Waals surface area contributed by atoms with Crippen LogP contribution in [-0.4, -0.2) is 39.2 Å². The molecule has 1 aromatic heterocycles. The zero-order chi connectivity index (χ0) is 16.1. The zero-order valence-corrected chi connectivity index (χ0v) is 12.1. The van der Waals surface area contributed by atoms with E-state index < -0.39 is 18.2 Å². The summed E-state index contributed by atoms with van der Waals surface area (Å²) in [6, 6.07) is 8.91. The number of rotatable bonds is 6. The Morgan fingerprint density at radius 3 is 2.83 bits per heavy atom. The van der Waals surface area contributed by atoms with Gasteiger partial charge in [-0.2, -0.15) is 0 Å². The largest absolute Gasteiger partial charge is 0.462 e. The van der Waals surface area contributed by atoms with Crippen LogP contribution in [0.4, 0.5) is 4.79 Å². The maximum absolute atomic E-state index is 11.3. The molecule has 2 heterocycles. The summed E-state index contributed by atoms with van der Waals surface area (Å²) in [7, 11) is 0. The van der Waals surface area contributed by atoms with E-state index in [9.17, 15) is 4.79 Å². The average Bonchev–Trinajstić information content (AvgIpc) is 3.22. The molecule has 1 amide bonds. The van der Waals surface area contributed by atoms with Crippen LogP contribution in [0.5, 0.6) is 0 Å². The summed E-state index contributed by atoms with van der Waals surface area (Å²) >= 11 is 0. The van der Waals surface area contributed by atoms with Crippen LogP contribution in [0, 0.1) is 0 Å². The molecule has 1 aromatic carbocycles. The lowest BCUT2D eigenvalue weighted by Gasteiger charge is -2.25. The second-order valence-electron chi connectivity index (χ2n) is 4.82. The lowest BCUT2D eigenvalue weighted by molar-refractivity contribution is 0.0313. The van der Waals surface area contributed by atoms with Crippen molar-refractivity contribution >= 4 is 6.09 Å². The Hall–Kier alpha value is -3.10. The van der Waals surface area contributed by atoms with Crippen molar-refractivity contribution in [2.45, 2.75) is 18.6 Å². The number of tetrazole rings is 1. The Labute approximate surface area is 131 Å². The summed E-state index contributed by atoms with van der Waals surface area (Å²) in [5, 5.41) is 11.6. The first kappa shape index (κ1) is 14.8. The number of ether oxygens (including phenoxy) is 3. The molecular weight excluding hydrogens is 302 g/mol. The van der Waals surface area contributed by atoms with Crippen LogP contribution >= 0.6 is 0 Å². The molecule has 3 rings (SSSR count). The van der Waals surface area contributed by atoms with Gasteiger partial charge in [-0.25, -0.2) is 4.79 Å². The number of benzene rings is 1. The van der Waals surface area contributed by atoms with E-state index in [2.05, 4.69) is 15.4 Å². The third-order valence-corrected chi connectivity index (χ3v) is 3.30. The smallest absolute Gasteiger partial charge is 0.404 e. The highest BCUT2D eigenvalue weighted by molar-refractivity contribution is 5.65. The van der Waals surface area contributed by atoms with Gasteiger partial charge in [-0.1, -0.05) is 30.3 Å². The van der Waals surface area contributed by atoms with Crippen molar-refractivity contribution in [2.24, 2.45) is 5.73 Å². The fourth-order valence-corrected chi connectivity index (χ4v) is 2.37. The van der Waals surface area contributed by atoms with Crippen LogP contribution in [0.2, 0.25) is 0 Å². The molecule has 2 unspecified atom stereocenters. The summed E-state index contributed by atoms with van der Waals surface area (Å²) < 4.78 is 15.8. The van der Waals surface area contributed by atoms with E-state index in [0.717, 1.165) is 5.56 Å². The lowest BCUT2D eigenvalue weighted by Crippen LogP contribution is -2.35. The van der Waals surface area contributed by atoms with Gasteiger partial charge in [0.05, 0.1) is 0 Å². The average molecular weight is 317 g/mol. The Morgan fingerprint density at radius 2 is 2.22 bits per heavy atom. The molecule has 9 nitrogen and oxygen atoms in total. The molecule has 2 atom stereocenters. The predicted molar refractivity (Wildman–Crippen MR) is 76.6 cm³/mol. The fourth-order valence-electron chi connectivity index (χ4n) is 2.37. The number of amides is 1. The fraction of sp³-hybridized carbons (Fsp3) is 0.286. The van der Waals surface area contributed by atoms with Gasteiger partial charge in [-0.3, -0.25) is 0 Å². The first-order valence-electron chi connectivity index (χ1n) is 6.91. The van der Waals surface area contributed by atoms with Gasteiger partial charge >= 0.3 is 6.09 Å². The topological polar surface area (TPSA) is 114 Å². The Kier molecular flexibility index (Phi) is 4.37. The van der Waals surface area contributed by atoms with Gasteiger partial charge in [0.15, 0.2) is 18.1 Å². The molecule has 1 aliphatic rings. The molecule has 0 fully saturated rings. The highest BCUT2D eigenvalue weighted by atomic mass is 16.7. The number of primary amides is 1. The minimum atomic E-state index is -0.893. The van der Waals surface area contributed by atoms with Crippen molar-refractivity contribution in [3.05, 3.63) is 54.2 Å². The van der Waals surface area contributed by atoms with Crippen LogP contribution in [0.15, 0.2) is 48.7 Å². The second kappa shape index (κ2) is 6.77. The molecule has 2 N–H and O–H groups in total. The molecule has 0 saturated heterocycles. The minimum Gasteiger partial charge on any atom is -0.462 e. The summed E-state index contributed by atoms with van der Waals surface area (Å²) in [5.41, 5.74) is 6.18. The monoisotopic (exact) mass is 317 g/mol. The maximum Gasteiger partial charge on any atom is 0.404 e. The van der Waals surface area contributed by atoms with Crippen LogP contribution in [0.25, 0.3) is 0 Å². The van der Waals surface area contributed by atoms with E-state index in [1.807, 2.05) is 30.3 Å². The van der Waals surface area contributed by atoms with Crippen molar-refractivity contribution in [1.29, 1.82) is 0 Å². The van der Waals surface area contributed by atoms with E-state index in [4.69, 9.17) is 19.9 Å². The maximum atomic E-state index is 11.3. The summed E-state index contributed by atoms with van der Waals surface area (Å²) in [4.78, 5) is 12.6. The predicted octanol–water partition coefficient (Wildman–Crippen LogP) is 0.766. The Morgan fingerprint density at radius 1 is 1.39 bits per heavy atom. The summed E-state index contributed by atoms with van der Waals surface area (Å²) in [6.45, 7) is 0.0785. The molecule has 0 saturated carbocycles. The van der Waals surface area contributed by atoms with Gasteiger partial charge in [-0.05, 0) is 10.8 Å². The number of carbonyl (C=O) groups excluding carboxylic acids is 1. The summed E-state index contributed by atoms with van der Waals surface area (Å²) in [6.07, 6.45) is 1.55. The molecule has 9 heteroatoms. The lowest BCUT2D eigenvalue weighted by atomic mass is 10.0. The number of carbonyl (C=O) groups is 1. The number of hydrogen-bond donors (Lipinski definition) is 1. The minimum absolute atomic E-state index is 0.0785. The number of nitrogens with two attached hydrogens (primary N) is 1. The molecular formula is C14H15N5O4. The third-order valence-electron chi connectivity index (χ3n) is 3.30. The van der Waals surface area contributed by atoms with E-state index in [-0.39, 0.29) is 6.79 Å². The molecule has 0 aliphatic carbocycles. The van der Waals surface area contributed by atoms with Gasteiger partial charge < -0.3 is 19.9 Å². The normalized spacial score (nSPS) is 15.9. The molecule has 0 spiro atoms. The van der Waals surface area contributed by atoms with E-state index in [0.29, 0.717) is 12.2 Å². The van der Waals surface area contributed by atoms with Gasteiger partial charge in [0.25, 0.3) is 0 Å². The van der Waals surface area contributed by atoms with E-state index in [1.165, 1.54) is 17.4 Å². The van der Waals surface area contributed by atoms with Crippen molar-refractivity contribution < 1.29 is 19.0 Å². The molecule has 0 radical (unpaired) electrons. The number of hydrogen-bond acceptors (Lipinski definition) is 7. The Balaban J connectivity index is 1.91. The highest BCUT2D eigenvalue weighted by Crippen LogP contribution is 2.28. The Bertz CT molecular complexity index is 674. The standard InChI is InChI=1S/C14H15N5O4/c15-14(20)23-11(6-10-4-2-1-3-5-10)13(12-7-21-9-22-12)19-17-8-16-18-19/h1-5,7-8,11,13H,6,9H2,(H2,15,20). The van der Waals surface area contributed by atoms with Crippen molar-refractivity contribution in [3.8, 4) is 0 Å². The molecule has 0 bridgehead atoms. The zero-order valence-electron chi connectivity index (χ0n) is 12.1. The van der Waals surface area contributed by atoms with Crippen LogP contribution in [0.1, 0.15) is 11.6 Å². The molecule has 1 aliphatic heterocycles. The van der Waals surface area contributed by atoms with Gasteiger partial charge in [-0.15, -0.1) is 15.0 Å². The molecule has 2 aromatic rings. The SMILES string of the molecule is NC(=O)OC(Cc1ccccc1)C(C1=COCO1)n1ncnn1. The van der Waals surface area contributed by atoms with Gasteiger partial charge in [0.2, 0.25) is 6.79 Å². The second-order valence-corrected chi connectivity index (χ2v) is 4.82. The highest BCUT2D eigenvalue weighted by Gasteiger charge is 2.35. The molecule has 120 valence electrons. The van der Waals surface area contributed by atoms with Gasteiger partial charge in [0, 0.05) is 6.42 Å². The van der Waals surface area contributed by atoms with Gasteiger partial charge in [0.1, 0.15) is 12.4 Å². The van der Waals surface area contributed by atoms with Crippen molar-refractivity contribution in [2.75, 3.05) is 6.79 Å². The van der Waals surface area contributed by atoms with E-state index in [1.54, 1.807) is 0 Å². The first-order chi connectivity index (χ1) is 11.2. The quantitative estimate of drug-likeness (QED) is 0.836. The van der Waals surface area contributed by atoms with Crippen molar-refractivity contribution in [3.63, 3.8) is 0 Å². The van der Waals surface area contributed by atoms with Crippen molar-refractivity contribution in [1.82, 2.24) is 20.2 Å². The summed E-state index contributed by atoms with van der Waals surface area (Å²) in [5.74, 6) is 0.435. The first-order valence-corrected chi connectivity index (χ1v) is 6.91. The number of nitrogens with zero attached hydrogens (tertiary/aromatic N) is 4.